The van der Waals surface area contributed by atoms with Crippen LogP contribution in [0.15, 0.2) is 5.16 Å². The molecule has 1 unspecified atom stereocenters. The van der Waals surface area contributed by atoms with Crippen molar-refractivity contribution in [3.8, 4) is 0 Å². The van der Waals surface area contributed by atoms with Gasteiger partial charge in [-0.1, -0.05) is 29.3 Å². The van der Waals surface area contributed by atoms with Crippen molar-refractivity contribution in [1.82, 2.24) is 4.98 Å². The van der Waals surface area contributed by atoms with Crippen molar-refractivity contribution in [1.29, 1.82) is 0 Å². The molecule has 24 heavy (non-hydrogen) atoms. The number of esters is 1. The summed E-state index contributed by atoms with van der Waals surface area (Å²) in [5.41, 5.74) is 5.99. The van der Waals surface area contributed by atoms with Gasteiger partial charge in [-0.2, -0.15) is 0 Å². The van der Waals surface area contributed by atoms with Gasteiger partial charge in [-0.15, -0.1) is 0 Å². The molecule has 9 heteroatoms. The predicted molar refractivity (Wildman–Crippen MR) is 90.3 cm³/mol. The summed E-state index contributed by atoms with van der Waals surface area (Å²) in [5, 5.41) is 7.62. The standard InChI is InChI=1S/C15H20N4O4S/c1-2-22-14(21)9-7-10(23-19-9)11(20)12-13(16)18-15(24-12)17-8-5-3-4-6-8/h8,10H,2-7,16H2,1H3,(H,17,18). The Morgan fingerprint density at radius 2 is 2.17 bits per heavy atom. The molecule has 0 aromatic carbocycles. The second-order valence-electron chi connectivity index (χ2n) is 5.78. The van der Waals surface area contributed by atoms with E-state index in [4.69, 9.17) is 15.3 Å². The van der Waals surface area contributed by atoms with Gasteiger partial charge in [0.1, 0.15) is 10.7 Å². The van der Waals surface area contributed by atoms with E-state index in [-0.39, 0.29) is 30.3 Å². The molecule has 0 bridgehead atoms. The zero-order valence-corrected chi connectivity index (χ0v) is 14.2. The van der Waals surface area contributed by atoms with E-state index in [1.54, 1.807) is 6.92 Å². The third-order valence-electron chi connectivity index (χ3n) is 4.03. The largest absolute Gasteiger partial charge is 0.461 e. The van der Waals surface area contributed by atoms with Crippen LogP contribution in [0.5, 0.6) is 0 Å². The number of anilines is 2. The fourth-order valence-corrected chi connectivity index (χ4v) is 3.76. The van der Waals surface area contributed by atoms with Crippen LogP contribution in [0.3, 0.4) is 0 Å². The van der Waals surface area contributed by atoms with E-state index in [2.05, 4.69) is 15.5 Å². The fourth-order valence-electron chi connectivity index (χ4n) is 2.81. The maximum Gasteiger partial charge on any atom is 0.356 e. The Hall–Kier alpha value is -2.16. The van der Waals surface area contributed by atoms with Crippen molar-refractivity contribution in [2.75, 3.05) is 17.7 Å². The third kappa shape index (κ3) is 3.50. The minimum absolute atomic E-state index is 0.0837. The summed E-state index contributed by atoms with van der Waals surface area (Å²) in [6.07, 6.45) is 3.84. The lowest BCUT2D eigenvalue weighted by Crippen LogP contribution is -2.24. The van der Waals surface area contributed by atoms with E-state index < -0.39 is 12.1 Å². The van der Waals surface area contributed by atoms with Crippen LogP contribution >= 0.6 is 11.3 Å². The second kappa shape index (κ2) is 7.16. The first-order valence-corrected chi connectivity index (χ1v) is 8.87. The van der Waals surface area contributed by atoms with Crippen molar-refractivity contribution in [3.05, 3.63) is 4.88 Å². The van der Waals surface area contributed by atoms with Crippen LogP contribution in [-0.2, 0) is 14.4 Å². The number of hydrogen-bond donors (Lipinski definition) is 2. The summed E-state index contributed by atoms with van der Waals surface area (Å²) in [7, 11) is 0. The Morgan fingerprint density at radius 3 is 2.88 bits per heavy atom. The third-order valence-corrected chi connectivity index (χ3v) is 5.05. The summed E-state index contributed by atoms with van der Waals surface area (Å²) in [5.74, 6) is -0.695. The molecule has 0 amide bonds. The molecule has 1 fully saturated rings. The van der Waals surface area contributed by atoms with Crippen LogP contribution < -0.4 is 11.1 Å². The van der Waals surface area contributed by atoms with Crippen molar-refractivity contribution in [3.63, 3.8) is 0 Å². The van der Waals surface area contributed by atoms with E-state index in [9.17, 15) is 9.59 Å². The molecule has 1 aliphatic carbocycles. The van der Waals surface area contributed by atoms with E-state index in [0.717, 1.165) is 12.8 Å². The molecular formula is C15H20N4O4S. The van der Waals surface area contributed by atoms with Gasteiger partial charge < -0.3 is 20.6 Å². The highest BCUT2D eigenvalue weighted by molar-refractivity contribution is 7.18. The number of carbonyl (C=O) groups is 2. The van der Waals surface area contributed by atoms with Crippen molar-refractivity contribution < 1.29 is 19.2 Å². The zero-order valence-electron chi connectivity index (χ0n) is 13.4. The number of ketones is 1. The number of carbonyl (C=O) groups excluding carboxylic acids is 2. The Morgan fingerprint density at radius 1 is 1.42 bits per heavy atom. The molecule has 1 aromatic heterocycles. The molecule has 1 saturated carbocycles. The zero-order chi connectivity index (χ0) is 17.1. The van der Waals surface area contributed by atoms with Crippen LogP contribution in [0, 0.1) is 0 Å². The lowest BCUT2D eigenvalue weighted by Gasteiger charge is -2.09. The maximum atomic E-state index is 12.6. The van der Waals surface area contributed by atoms with Gasteiger partial charge in [0.25, 0.3) is 0 Å². The summed E-state index contributed by atoms with van der Waals surface area (Å²) in [4.78, 5) is 33.8. The van der Waals surface area contributed by atoms with E-state index >= 15 is 0 Å². The van der Waals surface area contributed by atoms with Gasteiger partial charge in [-0.25, -0.2) is 9.78 Å². The molecule has 130 valence electrons. The molecule has 1 aliphatic heterocycles. The average molecular weight is 352 g/mol. The molecule has 0 radical (unpaired) electrons. The lowest BCUT2D eigenvalue weighted by atomic mass is 10.1. The quantitative estimate of drug-likeness (QED) is 0.594. The molecule has 2 aliphatic rings. The highest BCUT2D eigenvalue weighted by atomic mass is 32.1. The van der Waals surface area contributed by atoms with Gasteiger partial charge in [0.2, 0.25) is 5.78 Å². The number of rotatable bonds is 6. The number of nitrogens with two attached hydrogens (primary N) is 1. The molecule has 3 rings (SSSR count). The average Bonchev–Trinajstić information content (AvgIpc) is 3.28. The number of Topliss-reactive ketones (excluding diaryl/α,β-unsaturated/α-hetero) is 1. The minimum atomic E-state index is -0.855. The summed E-state index contributed by atoms with van der Waals surface area (Å²) < 4.78 is 4.86. The number of nitrogen functional groups attached to an aromatic ring is 1. The van der Waals surface area contributed by atoms with Crippen LogP contribution in [0.1, 0.15) is 48.7 Å². The highest BCUT2D eigenvalue weighted by Crippen LogP contribution is 2.31. The van der Waals surface area contributed by atoms with Gasteiger partial charge in [-0.05, 0) is 19.8 Å². The first-order valence-electron chi connectivity index (χ1n) is 8.05. The Labute approximate surface area is 143 Å². The highest BCUT2D eigenvalue weighted by Gasteiger charge is 2.35. The Kier molecular flexibility index (Phi) is 4.98. The number of hydrogen-bond acceptors (Lipinski definition) is 9. The molecule has 3 N–H and O–H groups in total. The SMILES string of the molecule is CCOC(=O)C1=NOC(C(=O)c2sc(NC3CCCC3)nc2N)C1. The minimum Gasteiger partial charge on any atom is -0.461 e. The second-order valence-corrected chi connectivity index (χ2v) is 6.78. The number of aromatic nitrogens is 1. The van der Waals surface area contributed by atoms with Crippen LogP contribution in [0.4, 0.5) is 10.9 Å². The van der Waals surface area contributed by atoms with Crippen LogP contribution in [0.2, 0.25) is 0 Å². The number of nitrogens with one attached hydrogen (secondary N) is 1. The normalized spacial score (nSPS) is 20.5. The van der Waals surface area contributed by atoms with Gasteiger partial charge in [-0.3, -0.25) is 4.79 Å². The Balaban J connectivity index is 1.63. The predicted octanol–water partition coefficient (Wildman–Crippen LogP) is 1.97. The van der Waals surface area contributed by atoms with Gasteiger partial charge in [0.15, 0.2) is 16.9 Å². The molecule has 1 aromatic rings. The van der Waals surface area contributed by atoms with Crippen LogP contribution in [-0.4, -0.2) is 41.2 Å². The topological polar surface area (TPSA) is 116 Å². The smallest absolute Gasteiger partial charge is 0.356 e. The van der Waals surface area contributed by atoms with Crippen LogP contribution in [0.25, 0.3) is 0 Å². The van der Waals surface area contributed by atoms with E-state index in [0.29, 0.717) is 16.1 Å². The first-order chi connectivity index (χ1) is 11.6. The summed E-state index contributed by atoms with van der Waals surface area (Å²) >= 11 is 1.22. The van der Waals surface area contributed by atoms with Gasteiger partial charge in [0, 0.05) is 12.5 Å². The maximum absolute atomic E-state index is 12.6. The van der Waals surface area contributed by atoms with Crippen molar-refractivity contribution in [2.45, 2.75) is 51.2 Å². The molecule has 8 nitrogen and oxygen atoms in total. The monoisotopic (exact) mass is 352 g/mol. The number of nitrogens with zero attached hydrogens (tertiary/aromatic N) is 2. The fraction of sp³-hybridized carbons (Fsp3) is 0.600. The number of oxime groups is 1. The molecule has 2 heterocycles. The lowest BCUT2D eigenvalue weighted by molar-refractivity contribution is -0.135. The van der Waals surface area contributed by atoms with Gasteiger partial charge in [0.05, 0.1) is 6.61 Å². The molecular weight excluding hydrogens is 332 g/mol. The number of thiazole rings is 1. The molecule has 0 spiro atoms. The summed E-state index contributed by atoms with van der Waals surface area (Å²) in [6.45, 7) is 1.95. The van der Waals surface area contributed by atoms with Gasteiger partial charge >= 0.3 is 5.97 Å². The summed E-state index contributed by atoms with van der Waals surface area (Å²) in [6, 6.07) is 0.389. The van der Waals surface area contributed by atoms with E-state index in [1.165, 1.54) is 24.2 Å². The van der Waals surface area contributed by atoms with Crippen molar-refractivity contribution in [2.24, 2.45) is 5.16 Å². The first kappa shape index (κ1) is 16.7. The Bertz CT molecular complexity index is 666. The molecule has 1 atom stereocenters. The van der Waals surface area contributed by atoms with Crippen molar-refractivity contribution >= 4 is 39.8 Å². The van der Waals surface area contributed by atoms with E-state index in [1.807, 2.05) is 0 Å². The molecule has 0 saturated heterocycles. The number of ether oxygens (including phenoxy) is 1.